The SMILES string of the molecule is CNC(=O)C(Cl)c1cnn(-c2ccccc2)c1. The van der Waals surface area contributed by atoms with Crippen molar-refractivity contribution in [2.24, 2.45) is 0 Å². The lowest BCUT2D eigenvalue weighted by molar-refractivity contribution is -0.120. The molecule has 5 heteroatoms. The van der Waals surface area contributed by atoms with Crippen LogP contribution in [0.25, 0.3) is 5.69 Å². The Balaban J connectivity index is 2.25. The summed E-state index contributed by atoms with van der Waals surface area (Å²) in [5, 5.41) is 5.97. The van der Waals surface area contributed by atoms with Crippen molar-refractivity contribution < 1.29 is 4.79 Å². The number of para-hydroxylation sites is 1. The van der Waals surface area contributed by atoms with Crippen molar-refractivity contribution in [3.8, 4) is 5.69 Å². The molecule has 1 N–H and O–H groups in total. The maximum atomic E-state index is 11.4. The van der Waals surface area contributed by atoms with Crippen molar-refractivity contribution in [1.29, 1.82) is 0 Å². The fraction of sp³-hybridized carbons (Fsp3) is 0.167. The summed E-state index contributed by atoms with van der Waals surface area (Å²) in [6.07, 6.45) is 3.35. The molecule has 1 unspecified atom stereocenters. The molecule has 17 heavy (non-hydrogen) atoms. The van der Waals surface area contributed by atoms with Crippen molar-refractivity contribution in [1.82, 2.24) is 15.1 Å². The minimum Gasteiger partial charge on any atom is -0.358 e. The van der Waals surface area contributed by atoms with Gasteiger partial charge in [-0.2, -0.15) is 5.10 Å². The van der Waals surface area contributed by atoms with Gasteiger partial charge in [0.1, 0.15) is 5.38 Å². The van der Waals surface area contributed by atoms with Crippen LogP contribution in [0.1, 0.15) is 10.9 Å². The molecule has 1 aromatic carbocycles. The third-order valence-electron chi connectivity index (χ3n) is 2.39. The standard InChI is InChI=1S/C12H12ClN3O/c1-14-12(17)11(13)9-7-15-16(8-9)10-5-3-2-4-6-10/h2-8,11H,1H3,(H,14,17). The Morgan fingerprint density at radius 2 is 2.12 bits per heavy atom. The van der Waals surface area contributed by atoms with Gasteiger partial charge < -0.3 is 5.32 Å². The van der Waals surface area contributed by atoms with Gasteiger partial charge in [-0.3, -0.25) is 4.79 Å². The van der Waals surface area contributed by atoms with Gasteiger partial charge in [-0.15, -0.1) is 11.6 Å². The molecule has 0 bridgehead atoms. The first kappa shape index (κ1) is 11.7. The number of carbonyl (C=O) groups excluding carboxylic acids is 1. The molecule has 0 fully saturated rings. The Morgan fingerprint density at radius 3 is 2.76 bits per heavy atom. The van der Waals surface area contributed by atoms with Crippen LogP contribution in [-0.2, 0) is 4.79 Å². The molecule has 1 amide bonds. The van der Waals surface area contributed by atoms with E-state index in [0.29, 0.717) is 5.56 Å². The number of benzene rings is 1. The summed E-state index contributed by atoms with van der Waals surface area (Å²) in [6, 6.07) is 9.64. The molecule has 0 radical (unpaired) electrons. The first-order valence-corrected chi connectivity index (χ1v) is 5.61. The Kier molecular flexibility index (Phi) is 3.44. The van der Waals surface area contributed by atoms with E-state index in [9.17, 15) is 4.79 Å². The summed E-state index contributed by atoms with van der Waals surface area (Å²) in [6.45, 7) is 0. The lowest BCUT2D eigenvalue weighted by Crippen LogP contribution is -2.22. The summed E-state index contributed by atoms with van der Waals surface area (Å²) < 4.78 is 1.69. The number of nitrogens with zero attached hydrogens (tertiary/aromatic N) is 2. The molecule has 2 aromatic rings. The second kappa shape index (κ2) is 5.01. The minimum absolute atomic E-state index is 0.237. The van der Waals surface area contributed by atoms with E-state index in [1.807, 2.05) is 30.3 Å². The van der Waals surface area contributed by atoms with E-state index in [2.05, 4.69) is 10.4 Å². The molecule has 4 nitrogen and oxygen atoms in total. The Hall–Kier alpha value is -1.81. The molecule has 0 saturated carbocycles. The van der Waals surface area contributed by atoms with Crippen LogP contribution in [-0.4, -0.2) is 22.7 Å². The van der Waals surface area contributed by atoms with Crippen LogP contribution in [0.5, 0.6) is 0 Å². The van der Waals surface area contributed by atoms with Gasteiger partial charge >= 0.3 is 0 Å². The van der Waals surface area contributed by atoms with Crippen LogP contribution in [0, 0.1) is 0 Å². The van der Waals surface area contributed by atoms with Gasteiger partial charge in [0.25, 0.3) is 0 Å². The molecule has 0 aliphatic carbocycles. The molecule has 2 rings (SSSR count). The largest absolute Gasteiger partial charge is 0.358 e. The predicted molar refractivity (Wildman–Crippen MR) is 66.2 cm³/mol. The number of aromatic nitrogens is 2. The van der Waals surface area contributed by atoms with Crippen LogP contribution in [0.4, 0.5) is 0 Å². The van der Waals surface area contributed by atoms with Crippen molar-refractivity contribution >= 4 is 17.5 Å². The zero-order chi connectivity index (χ0) is 12.3. The summed E-state index contributed by atoms with van der Waals surface area (Å²) in [7, 11) is 1.55. The topological polar surface area (TPSA) is 46.9 Å². The Labute approximate surface area is 104 Å². The highest BCUT2D eigenvalue weighted by molar-refractivity contribution is 6.30. The lowest BCUT2D eigenvalue weighted by atomic mass is 10.2. The van der Waals surface area contributed by atoms with E-state index in [1.54, 1.807) is 24.1 Å². The number of halogens is 1. The second-order valence-corrected chi connectivity index (χ2v) is 3.97. The molecule has 88 valence electrons. The summed E-state index contributed by atoms with van der Waals surface area (Å²) in [5.41, 5.74) is 1.61. The van der Waals surface area contributed by atoms with Gasteiger partial charge in [0.15, 0.2) is 0 Å². The molecular formula is C12H12ClN3O. The Morgan fingerprint density at radius 1 is 1.41 bits per heavy atom. The summed E-state index contributed by atoms with van der Waals surface area (Å²) in [4.78, 5) is 11.4. The molecule has 1 atom stereocenters. The summed E-state index contributed by atoms with van der Waals surface area (Å²) >= 11 is 5.99. The van der Waals surface area contributed by atoms with Crippen LogP contribution in [0.2, 0.25) is 0 Å². The fourth-order valence-corrected chi connectivity index (χ4v) is 1.69. The van der Waals surface area contributed by atoms with Crippen molar-refractivity contribution in [2.75, 3.05) is 7.05 Å². The number of alkyl halides is 1. The molecule has 0 saturated heterocycles. The quantitative estimate of drug-likeness (QED) is 0.845. The van der Waals surface area contributed by atoms with Gasteiger partial charge in [-0.1, -0.05) is 18.2 Å². The zero-order valence-electron chi connectivity index (χ0n) is 9.30. The van der Waals surface area contributed by atoms with Crippen molar-refractivity contribution in [3.63, 3.8) is 0 Å². The third-order valence-corrected chi connectivity index (χ3v) is 2.84. The molecule has 0 spiro atoms. The van der Waals surface area contributed by atoms with Crippen molar-refractivity contribution in [3.05, 3.63) is 48.3 Å². The van der Waals surface area contributed by atoms with Gasteiger partial charge in [-0.05, 0) is 12.1 Å². The van der Waals surface area contributed by atoms with Crippen LogP contribution in [0.3, 0.4) is 0 Å². The molecule has 0 aliphatic rings. The number of hydrogen-bond acceptors (Lipinski definition) is 2. The van der Waals surface area contributed by atoms with Gasteiger partial charge in [0, 0.05) is 18.8 Å². The van der Waals surface area contributed by atoms with E-state index in [0.717, 1.165) is 5.69 Å². The van der Waals surface area contributed by atoms with Crippen LogP contribution < -0.4 is 5.32 Å². The number of amides is 1. The normalized spacial score (nSPS) is 12.1. The molecule has 1 aromatic heterocycles. The summed E-state index contributed by atoms with van der Waals surface area (Å²) in [5.74, 6) is -0.237. The van der Waals surface area contributed by atoms with Gasteiger partial charge in [-0.25, -0.2) is 4.68 Å². The Bertz CT molecular complexity index is 509. The molecule has 1 heterocycles. The number of carbonyl (C=O) groups is 1. The van der Waals surface area contributed by atoms with E-state index in [4.69, 9.17) is 11.6 Å². The molecule has 0 aliphatic heterocycles. The first-order chi connectivity index (χ1) is 8.22. The lowest BCUT2D eigenvalue weighted by Gasteiger charge is -2.04. The fourth-order valence-electron chi connectivity index (χ4n) is 1.47. The van der Waals surface area contributed by atoms with Gasteiger partial charge in [0.05, 0.1) is 11.9 Å². The van der Waals surface area contributed by atoms with E-state index >= 15 is 0 Å². The van der Waals surface area contributed by atoms with E-state index in [1.165, 1.54) is 0 Å². The predicted octanol–water partition coefficient (Wildman–Crippen LogP) is 1.90. The van der Waals surface area contributed by atoms with E-state index < -0.39 is 5.38 Å². The highest BCUT2D eigenvalue weighted by Crippen LogP contribution is 2.20. The number of likely N-dealkylation sites (N-methyl/N-ethyl adjacent to an activating group) is 1. The number of nitrogens with one attached hydrogen (secondary N) is 1. The highest BCUT2D eigenvalue weighted by Gasteiger charge is 2.17. The average Bonchev–Trinajstić information content (AvgIpc) is 2.87. The van der Waals surface area contributed by atoms with Crippen LogP contribution in [0.15, 0.2) is 42.7 Å². The minimum atomic E-state index is -0.711. The van der Waals surface area contributed by atoms with Crippen molar-refractivity contribution in [2.45, 2.75) is 5.38 Å². The second-order valence-electron chi connectivity index (χ2n) is 3.53. The number of hydrogen-bond donors (Lipinski definition) is 1. The van der Waals surface area contributed by atoms with E-state index in [-0.39, 0.29) is 5.91 Å². The zero-order valence-corrected chi connectivity index (χ0v) is 10.1. The first-order valence-electron chi connectivity index (χ1n) is 5.18. The highest BCUT2D eigenvalue weighted by atomic mass is 35.5. The number of rotatable bonds is 3. The maximum Gasteiger partial charge on any atom is 0.242 e. The van der Waals surface area contributed by atoms with Crippen LogP contribution >= 0.6 is 11.6 Å². The molecular weight excluding hydrogens is 238 g/mol. The third kappa shape index (κ3) is 2.47. The average molecular weight is 250 g/mol. The maximum absolute atomic E-state index is 11.4. The van der Waals surface area contributed by atoms with Gasteiger partial charge in [0.2, 0.25) is 5.91 Å². The monoisotopic (exact) mass is 249 g/mol. The smallest absolute Gasteiger partial charge is 0.242 e.